The number of aryl methyl sites for hydroxylation is 1. The Bertz CT molecular complexity index is 989. The third-order valence-electron chi connectivity index (χ3n) is 4.46. The standard InChI is InChI=1S/C23H24N2O3S2/c1-16(18-8-4-3-5-9-18)12-24-22(26)13-28-23(27)20-10-6-7-11-21(20)30-15-19-14-29-17(2)25-19/h3-11,14,16H,12-13,15H2,1-2H3,(H,24,26). The second kappa shape index (κ2) is 10.9. The van der Waals surface area contributed by atoms with Gasteiger partial charge in [0.15, 0.2) is 6.61 Å². The van der Waals surface area contributed by atoms with Crippen LogP contribution in [0, 0.1) is 6.92 Å². The molecule has 1 atom stereocenters. The van der Waals surface area contributed by atoms with E-state index in [1.54, 1.807) is 23.5 Å². The van der Waals surface area contributed by atoms with E-state index >= 15 is 0 Å². The molecule has 0 bridgehead atoms. The molecule has 1 amide bonds. The van der Waals surface area contributed by atoms with E-state index < -0.39 is 5.97 Å². The zero-order valence-corrected chi connectivity index (χ0v) is 18.6. The number of nitrogens with zero attached hydrogens (tertiary/aromatic N) is 1. The van der Waals surface area contributed by atoms with Gasteiger partial charge in [-0.2, -0.15) is 0 Å². The van der Waals surface area contributed by atoms with Crippen LogP contribution in [-0.2, 0) is 15.3 Å². The fourth-order valence-corrected chi connectivity index (χ4v) is 4.46. The number of carbonyl (C=O) groups excluding carboxylic acids is 2. The fraction of sp³-hybridized carbons (Fsp3) is 0.261. The average molecular weight is 441 g/mol. The maximum atomic E-state index is 12.5. The first kappa shape index (κ1) is 22.1. The Morgan fingerprint density at radius 1 is 1.13 bits per heavy atom. The normalized spacial score (nSPS) is 11.7. The number of esters is 1. The molecule has 1 heterocycles. The molecule has 3 rings (SSSR count). The lowest BCUT2D eigenvalue weighted by Gasteiger charge is -2.13. The molecule has 1 N–H and O–H groups in total. The van der Waals surface area contributed by atoms with Crippen LogP contribution in [0.3, 0.4) is 0 Å². The van der Waals surface area contributed by atoms with E-state index in [0.29, 0.717) is 17.9 Å². The molecule has 0 radical (unpaired) electrons. The predicted octanol–water partition coefficient (Wildman–Crippen LogP) is 4.82. The molecular weight excluding hydrogens is 416 g/mol. The Hall–Kier alpha value is -2.64. The molecule has 0 saturated carbocycles. The van der Waals surface area contributed by atoms with Crippen molar-refractivity contribution in [2.45, 2.75) is 30.4 Å². The lowest BCUT2D eigenvalue weighted by atomic mass is 10.0. The summed E-state index contributed by atoms with van der Waals surface area (Å²) < 4.78 is 5.25. The second-order valence-electron chi connectivity index (χ2n) is 6.83. The molecule has 30 heavy (non-hydrogen) atoms. The predicted molar refractivity (Wildman–Crippen MR) is 121 cm³/mol. The Morgan fingerprint density at radius 2 is 1.87 bits per heavy atom. The number of carbonyl (C=O) groups is 2. The molecule has 3 aromatic rings. The minimum atomic E-state index is -0.501. The number of nitrogens with one attached hydrogen (secondary N) is 1. The van der Waals surface area contributed by atoms with E-state index in [9.17, 15) is 9.59 Å². The monoisotopic (exact) mass is 440 g/mol. The van der Waals surface area contributed by atoms with Gasteiger partial charge in [-0.3, -0.25) is 4.79 Å². The van der Waals surface area contributed by atoms with E-state index in [1.807, 2.05) is 61.7 Å². The van der Waals surface area contributed by atoms with E-state index in [4.69, 9.17) is 4.74 Å². The minimum Gasteiger partial charge on any atom is -0.452 e. The molecule has 1 aromatic heterocycles. The minimum absolute atomic E-state index is 0.178. The van der Waals surface area contributed by atoms with Gasteiger partial charge in [-0.25, -0.2) is 9.78 Å². The quantitative estimate of drug-likeness (QED) is 0.382. The average Bonchev–Trinajstić information content (AvgIpc) is 3.20. The van der Waals surface area contributed by atoms with E-state index in [2.05, 4.69) is 10.3 Å². The summed E-state index contributed by atoms with van der Waals surface area (Å²) in [5.74, 6) is 0.0392. The lowest BCUT2D eigenvalue weighted by molar-refractivity contribution is -0.124. The maximum Gasteiger partial charge on any atom is 0.339 e. The highest BCUT2D eigenvalue weighted by Crippen LogP contribution is 2.27. The van der Waals surface area contributed by atoms with Crippen LogP contribution >= 0.6 is 23.1 Å². The van der Waals surface area contributed by atoms with Gasteiger partial charge in [0.2, 0.25) is 0 Å². The number of ether oxygens (including phenoxy) is 1. The van der Waals surface area contributed by atoms with Gasteiger partial charge in [0.1, 0.15) is 0 Å². The first-order chi connectivity index (χ1) is 14.5. The zero-order chi connectivity index (χ0) is 21.3. The number of thiazole rings is 1. The van der Waals surface area contributed by atoms with Crippen LogP contribution in [0.5, 0.6) is 0 Å². The van der Waals surface area contributed by atoms with Crippen molar-refractivity contribution in [3.63, 3.8) is 0 Å². The summed E-state index contributed by atoms with van der Waals surface area (Å²) in [6, 6.07) is 17.2. The highest BCUT2D eigenvalue weighted by atomic mass is 32.2. The van der Waals surface area contributed by atoms with E-state index in [1.165, 1.54) is 11.8 Å². The number of hydrogen-bond donors (Lipinski definition) is 1. The molecule has 7 heteroatoms. The van der Waals surface area contributed by atoms with Crippen LogP contribution in [0.4, 0.5) is 0 Å². The van der Waals surface area contributed by atoms with Crippen LogP contribution in [-0.4, -0.2) is 30.0 Å². The summed E-state index contributed by atoms with van der Waals surface area (Å²) in [4.78, 5) is 29.9. The van der Waals surface area contributed by atoms with Gasteiger partial charge in [0.25, 0.3) is 5.91 Å². The van der Waals surface area contributed by atoms with Crippen LogP contribution in [0.25, 0.3) is 0 Å². The van der Waals surface area contributed by atoms with Crippen molar-refractivity contribution in [1.82, 2.24) is 10.3 Å². The molecule has 156 valence electrons. The molecule has 1 unspecified atom stereocenters. The molecule has 0 spiro atoms. The molecule has 0 saturated heterocycles. The van der Waals surface area contributed by atoms with Gasteiger partial charge in [-0.15, -0.1) is 23.1 Å². The van der Waals surface area contributed by atoms with Gasteiger partial charge in [-0.1, -0.05) is 49.4 Å². The van der Waals surface area contributed by atoms with Gasteiger partial charge < -0.3 is 10.1 Å². The number of aromatic nitrogens is 1. The Kier molecular flexibility index (Phi) is 8.04. The first-order valence-electron chi connectivity index (χ1n) is 9.64. The summed E-state index contributed by atoms with van der Waals surface area (Å²) >= 11 is 3.14. The van der Waals surface area contributed by atoms with Crippen molar-refractivity contribution in [3.05, 3.63) is 81.8 Å². The van der Waals surface area contributed by atoms with Crippen LogP contribution in [0.2, 0.25) is 0 Å². The van der Waals surface area contributed by atoms with Crippen molar-refractivity contribution in [3.8, 4) is 0 Å². The maximum absolute atomic E-state index is 12.5. The summed E-state index contributed by atoms with van der Waals surface area (Å²) in [7, 11) is 0. The number of benzene rings is 2. The lowest BCUT2D eigenvalue weighted by Crippen LogP contribution is -2.31. The van der Waals surface area contributed by atoms with E-state index in [0.717, 1.165) is 21.2 Å². The summed E-state index contributed by atoms with van der Waals surface area (Å²) in [5.41, 5.74) is 2.59. The van der Waals surface area contributed by atoms with E-state index in [-0.39, 0.29) is 18.4 Å². The number of hydrogen-bond acceptors (Lipinski definition) is 6. The fourth-order valence-electron chi connectivity index (χ4n) is 2.81. The summed E-state index contributed by atoms with van der Waals surface area (Å²) in [5, 5.41) is 5.86. The molecule has 2 aromatic carbocycles. The molecule has 0 aliphatic carbocycles. The highest BCUT2D eigenvalue weighted by molar-refractivity contribution is 7.98. The van der Waals surface area contributed by atoms with Crippen molar-refractivity contribution >= 4 is 35.0 Å². The Balaban J connectivity index is 1.49. The molecule has 5 nitrogen and oxygen atoms in total. The van der Waals surface area contributed by atoms with Gasteiger partial charge in [-0.05, 0) is 30.5 Å². The van der Waals surface area contributed by atoms with Crippen molar-refractivity contribution in [1.29, 1.82) is 0 Å². The zero-order valence-electron chi connectivity index (χ0n) is 17.0. The van der Waals surface area contributed by atoms with Gasteiger partial charge in [0, 0.05) is 22.6 Å². The van der Waals surface area contributed by atoms with Crippen molar-refractivity contribution < 1.29 is 14.3 Å². The third kappa shape index (κ3) is 6.43. The molecule has 0 fully saturated rings. The molecular formula is C23H24N2O3S2. The van der Waals surface area contributed by atoms with Crippen molar-refractivity contribution in [2.75, 3.05) is 13.2 Å². The second-order valence-corrected chi connectivity index (χ2v) is 8.91. The Morgan fingerprint density at radius 3 is 2.60 bits per heavy atom. The number of amides is 1. The SMILES string of the molecule is Cc1nc(CSc2ccccc2C(=O)OCC(=O)NCC(C)c2ccccc2)cs1. The Labute approximate surface area is 184 Å². The number of rotatable bonds is 9. The van der Waals surface area contributed by atoms with Gasteiger partial charge >= 0.3 is 5.97 Å². The summed E-state index contributed by atoms with van der Waals surface area (Å²) in [6.07, 6.45) is 0. The smallest absolute Gasteiger partial charge is 0.339 e. The van der Waals surface area contributed by atoms with Gasteiger partial charge in [0.05, 0.1) is 16.3 Å². The topological polar surface area (TPSA) is 68.3 Å². The van der Waals surface area contributed by atoms with Crippen LogP contribution in [0.15, 0.2) is 64.9 Å². The van der Waals surface area contributed by atoms with Crippen LogP contribution < -0.4 is 5.32 Å². The molecule has 0 aliphatic rings. The van der Waals surface area contributed by atoms with Crippen molar-refractivity contribution in [2.24, 2.45) is 0 Å². The largest absolute Gasteiger partial charge is 0.452 e. The van der Waals surface area contributed by atoms with Crippen LogP contribution in [0.1, 0.15) is 39.5 Å². The number of thioether (sulfide) groups is 1. The highest BCUT2D eigenvalue weighted by Gasteiger charge is 2.15. The third-order valence-corrected chi connectivity index (χ3v) is 6.39. The molecule has 0 aliphatic heterocycles. The summed E-state index contributed by atoms with van der Waals surface area (Å²) in [6.45, 7) is 4.19. The first-order valence-corrected chi connectivity index (χ1v) is 11.5.